The van der Waals surface area contributed by atoms with Crippen molar-refractivity contribution in [1.82, 2.24) is 15.2 Å². The summed E-state index contributed by atoms with van der Waals surface area (Å²) in [5.74, 6) is 0. The number of nitrogens with zero attached hydrogens (tertiary/aromatic N) is 2. The molecule has 0 aliphatic carbocycles. The van der Waals surface area contributed by atoms with Crippen molar-refractivity contribution in [3.05, 3.63) is 16.1 Å². The first kappa shape index (κ1) is 14.7. The van der Waals surface area contributed by atoms with Crippen LogP contribution < -0.4 is 5.32 Å². The monoisotopic (exact) mass is 311 g/mol. The Morgan fingerprint density at radius 1 is 1.52 bits per heavy atom. The van der Waals surface area contributed by atoms with Crippen molar-refractivity contribution in [2.45, 2.75) is 31.4 Å². The van der Waals surface area contributed by atoms with Crippen LogP contribution in [0.3, 0.4) is 0 Å². The number of aryl methyl sites for hydroxylation is 1. The number of rotatable bonds is 4. The zero-order chi connectivity index (χ0) is 14.9. The van der Waals surface area contributed by atoms with Gasteiger partial charge in [-0.3, -0.25) is 0 Å². The van der Waals surface area contributed by atoms with Gasteiger partial charge in [-0.25, -0.2) is 9.78 Å². The fourth-order valence-electron chi connectivity index (χ4n) is 2.83. The molecular formula is C14H21N3O3S. The minimum Gasteiger partial charge on any atom is -0.443 e. The Morgan fingerprint density at radius 3 is 2.86 bits per heavy atom. The van der Waals surface area contributed by atoms with E-state index in [1.54, 1.807) is 23.3 Å². The highest BCUT2D eigenvalue weighted by Crippen LogP contribution is 2.34. The molecule has 7 heteroatoms. The molecule has 1 aromatic heterocycles. The molecule has 1 aromatic rings. The minimum absolute atomic E-state index is 0.0942. The second-order valence-electron chi connectivity index (χ2n) is 5.76. The molecule has 2 saturated heterocycles. The summed E-state index contributed by atoms with van der Waals surface area (Å²) in [5, 5.41) is 6.80. The van der Waals surface area contributed by atoms with E-state index >= 15 is 0 Å². The molecule has 116 valence electrons. The van der Waals surface area contributed by atoms with Gasteiger partial charge >= 0.3 is 6.09 Å². The van der Waals surface area contributed by atoms with Gasteiger partial charge in [0.2, 0.25) is 0 Å². The van der Waals surface area contributed by atoms with Gasteiger partial charge in [0.05, 0.1) is 12.1 Å². The average Bonchev–Trinajstić information content (AvgIpc) is 3.05. The van der Waals surface area contributed by atoms with Gasteiger partial charge in [-0.05, 0) is 19.8 Å². The largest absolute Gasteiger partial charge is 0.443 e. The zero-order valence-corrected chi connectivity index (χ0v) is 13.2. The fourth-order valence-corrected chi connectivity index (χ4v) is 3.86. The molecule has 3 rings (SSSR count). The quantitative estimate of drug-likeness (QED) is 0.913. The number of hydrogen-bond donors (Lipinski definition) is 1. The van der Waals surface area contributed by atoms with Gasteiger partial charge in [0.1, 0.15) is 11.1 Å². The predicted octanol–water partition coefficient (Wildman–Crippen LogP) is 1.50. The Kier molecular flexibility index (Phi) is 4.14. The highest BCUT2D eigenvalue weighted by molar-refractivity contribution is 7.09. The summed E-state index contributed by atoms with van der Waals surface area (Å²) in [5.41, 5.74) is 0.903. The zero-order valence-electron chi connectivity index (χ0n) is 12.4. The van der Waals surface area contributed by atoms with E-state index in [2.05, 4.69) is 15.7 Å². The molecule has 1 atom stereocenters. The Bertz CT molecular complexity index is 513. The summed E-state index contributed by atoms with van der Waals surface area (Å²) in [4.78, 5) is 17.7. The van der Waals surface area contributed by atoms with Gasteiger partial charge in [0.15, 0.2) is 0 Å². The van der Waals surface area contributed by atoms with Crippen molar-refractivity contribution in [2.24, 2.45) is 0 Å². The van der Waals surface area contributed by atoms with Gasteiger partial charge in [-0.2, -0.15) is 0 Å². The number of nitrogens with one attached hydrogen (secondary N) is 1. The van der Waals surface area contributed by atoms with E-state index in [0.717, 1.165) is 36.8 Å². The first-order valence-electron chi connectivity index (χ1n) is 7.26. The van der Waals surface area contributed by atoms with Crippen LogP contribution in [0.5, 0.6) is 0 Å². The van der Waals surface area contributed by atoms with Gasteiger partial charge in [-0.15, -0.1) is 11.3 Å². The molecule has 2 aliphatic heterocycles. The third-order valence-electron chi connectivity index (χ3n) is 4.10. The first-order chi connectivity index (χ1) is 10.1. The minimum atomic E-state index is -0.243. The molecule has 2 fully saturated rings. The second kappa shape index (κ2) is 5.90. The SMILES string of the molecule is Cc1csc(C2(NC[C@H]3CN(C)C(=O)O3)CCOCC2)n1. The molecule has 1 amide bonds. The number of aromatic nitrogens is 1. The molecule has 6 nitrogen and oxygen atoms in total. The summed E-state index contributed by atoms with van der Waals surface area (Å²) in [7, 11) is 1.76. The van der Waals surface area contributed by atoms with Crippen LogP contribution >= 0.6 is 11.3 Å². The summed E-state index contributed by atoms with van der Waals surface area (Å²) in [6.07, 6.45) is 1.46. The molecule has 0 spiro atoms. The molecule has 0 unspecified atom stereocenters. The maximum atomic E-state index is 11.4. The molecule has 2 aliphatic rings. The van der Waals surface area contributed by atoms with E-state index < -0.39 is 0 Å². The van der Waals surface area contributed by atoms with Gasteiger partial charge < -0.3 is 19.7 Å². The van der Waals surface area contributed by atoms with Crippen molar-refractivity contribution in [1.29, 1.82) is 0 Å². The molecule has 0 aromatic carbocycles. The van der Waals surface area contributed by atoms with E-state index in [1.165, 1.54) is 0 Å². The Hall–Kier alpha value is -1.18. The van der Waals surface area contributed by atoms with Crippen LogP contribution in [0, 0.1) is 6.92 Å². The molecule has 0 saturated carbocycles. The maximum absolute atomic E-state index is 11.4. The number of ether oxygens (including phenoxy) is 2. The summed E-state index contributed by atoms with van der Waals surface area (Å²) in [6.45, 7) is 4.76. The summed E-state index contributed by atoms with van der Waals surface area (Å²) >= 11 is 1.69. The maximum Gasteiger partial charge on any atom is 0.410 e. The molecule has 1 N–H and O–H groups in total. The molecule has 0 radical (unpaired) electrons. The van der Waals surface area contributed by atoms with Crippen molar-refractivity contribution < 1.29 is 14.3 Å². The Labute approximate surface area is 128 Å². The summed E-state index contributed by atoms with van der Waals surface area (Å²) < 4.78 is 10.8. The Balaban J connectivity index is 1.70. The lowest BCUT2D eigenvalue weighted by Crippen LogP contribution is -2.49. The standard InChI is InChI=1S/C14H21N3O3S/c1-10-9-21-12(16-10)14(3-5-19-6-4-14)15-7-11-8-17(2)13(18)20-11/h9,11,15H,3-8H2,1-2H3/t11-/m0/s1. The van der Waals surface area contributed by atoms with Crippen molar-refractivity contribution >= 4 is 17.4 Å². The third-order valence-corrected chi connectivity index (χ3v) is 5.26. The highest BCUT2D eigenvalue weighted by atomic mass is 32.1. The van der Waals surface area contributed by atoms with E-state index in [1.807, 2.05) is 6.92 Å². The number of cyclic esters (lactones) is 1. The molecule has 21 heavy (non-hydrogen) atoms. The van der Waals surface area contributed by atoms with Gasteiger partial charge in [-0.1, -0.05) is 0 Å². The Morgan fingerprint density at radius 2 is 2.29 bits per heavy atom. The van der Waals surface area contributed by atoms with Crippen LogP contribution in [0.15, 0.2) is 5.38 Å². The number of carbonyl (C=O) groups is 1. The van der Waals surface area contributed by atoms with Crippen LogP contribution in [-0.2, 0) is 15.0 Å². The van der Waals surface area contributed by atoms with E-state index in [-0.39, 0.29) is 17.7 Å². The smallest absolute Gasteiger partial charge is 0.410 e. The normalized spacial score (nSPS) is 25.1. The molecular weight excluding hydrogens is 290 g/mol. The van der Waals surface area contributed by atoms with Crippen molar-refractivity contribution in [2.75, 3.05) is 33.4 Å². The third kappa shape index (κ3) is 3.04. The predicted molar refractivity (Wildman–Crippen MR) is 79.5 cm³/mol. The molecule has 0 bridgehead atoms. The number of amides is 1. The number of thiazole rings is 1. The van der Waals surface area contributed by atoms with Crippen LogP contribution in [-0.4, -0.2) is 55.4 Å². The highest BCUT2D eigenvalue weighted by Gasteiger charge is 2.38. The number of likely N-dealkylation sites (N-methyl/N-ethyl adjacent to an activating group) is 1. The second-order valence-corrected chi connectivity index (χ2v) is 6.61. The average molecular weight is 311 g/mol. The van der Waals surface area contributed by atoms with E-state index in [0.29, 0.717) is 13.1 Å². The van der Waals surface area contributed by atoms with Crippen molar-refractivity contribution in [3.63, 3.8) is 0 Å². The molecule has 3 heterocycles. The fraction of sp³-hybridized carbons (Fsp3) is 0.714. The van der Waals surface area contributed by atoms with Gasteiger partial charge in [0, 0.05) is 37.9 Å². The number of hydrogen-bond acceptors (Lipinski definition) is 6. The van der Waals surface area contributed by atoms with Crippen LogP contribution in [0.25, 0.3) is 0 Å². The van der Waals surface area contributed by atoms with Crippen molar-refractivity contribution in [3.8, 4) is 0 Å². The van der Waals surface area contributed by atoms with Crippen LogP contribution in [0.2, 0.25) is 0 Å². The first-order valence-corrected chi connectivity index (χ1v) is 8.14. The lowest BCUT2D eigenvalue weighted by Gasteiger charge is -2.37. The lowest BCUT2D eigenvalue weighted by atomic mass is 9.90. The lowest BCUT2D eigenvalue weighted by molar-refractivity contribution is 0.0311. The number of carbonyl (C=O) groups excluding carboxylic acids is 1. The topological polar surface area (TPSA) is 63.7 Å². The van der Waals surface area contributed by atoms with E-state index in [9.17, 15) is 4.79 Å². The van der Waals surface area contributed by atoms with Crippen LogP contribution in [0.4, 0.5) is 4.79 Å². The summed E-state index contributed by atoms with van der Waals surface area (Å²) in [6, 6.07) is 0. The van der Waals surface area contributed by atoms with E-state index in [4.69, 9.17) is 9.47 Å². The van der Waals surface area contributed by atoms with Crippen LogP contribution in [0.1, 0.15) is 23.5 Å². The van der Waals surface area contributed by atoms with Gasteiger partial charge in [0.25, 0.3) is 0 Å².